The number of Topliss-reactive ketones (excluding diaryl/α,β-unsaturated/α-hetero) is 1. The minimum Gasteiger partial charge on any atom is -0.443 e. The molecule has 0 aliphatic carbocycles. The van der Waals surface area contributed by atoms with Crippen molar-refractivity contribution in [2.45, 2.75) is 37.7 Å². The molecule has 1 aliphatic rings. The van der Waals surface area contributed by atoms with Gasteiger partial charge in [0.1, 0.15) is 11.4 Å². The van der Waals surface area contributed by atoms with E-state index in [1.54, 1.807) is 23.1 Å². The minimum atomic E-state index is -3.69. The maximum atomic E-state index is 12.5. The van der Waals surface area contributed by atoms with Crippen molar-refractivity contribution in [2.75, 3.05) is 39.8 Å². The monoisotopic (exact) mass is 514 g/mol. The molecule has 36 heavy (non-hydrogen) atoms. The summed E-state index contributed by atoms with van der Waals surface area (Å²) < 4.78 is 31.6. The second kappa shape index (κ2) is 11.8. The lowest BCUT2D eigenvalue weighted by molar-refractivity contribution is -0.118. The van der Waals surface area contributed by atoms with E-state index in [0.717, 1.165) is 15.4 Å². The summed E-state index contributed by atoms with van der Waals surface area (Å²) >= 11 is 0. The van der Waals surface area contributed by atoms with Gasteiger partial charge in [0.05, 0.1) is 31.1 Å². The molecule has 0 saturated heterocycles. The van der Waals surface area contributed by atoms with Gasteiger partial charge in [-0.05, 0) is 51.4 Å². The first-order chi connectivity index (χ1) is 17.0. The topological polar surface area (TPSA) is 108 Å². The highest BCUT2D eigenvalue weighted by Crippen LogP contribution is 2.17. The molecule has 0 bridgehead atoms. The predicted molar refractivity (Wildman–Crippen MR) is 139 cm³/mol. The summed E-state index contributed by atoms with van der Waals surface area (Å²) in [5.74, 6) is 0.392. The van der Waals surface area contributed by atoms with Crippen molar-refractivity contribution < 1.29 is 22.7 Å². The number of ketones is 1. The van der Waals surface area contributed by atoms with Crippen LogP contribution >= 0.6 is 0 Å². The van der Waals surface area contributed by atoms with Crippen LogP contribution in [-0.4, -0.2) is 80.7 Å². The Bertz CT molecular complexity index is 1190. The number of sulfonamides is 1. The quantitative estimate of drug-likeness (QED) is 0.489. The van der Waals surface area contributed by atoms with Crippen molar-refractivity contribution >= 4 is 27.7 Å². The molecule has 1 heterocycles. The Balaban J connectivity index is 1.45. The number of nitrogens with one attached hydrogen (secondary N) is 1. The first-order valence-corrected chi connectivity index (χ1v) is 13.3. The number of ether oxygens (including phenoxy) is 1. The molecule has 2 aromatic rings. The summed E-state index contributed by atoms with van der Waals surface area (Å²) in [4.78, 5) is 31.0. The zero-order chi connectivity index (χ0) is 26.3. The number of hydrogen-bond donors (Lipinski definition) is 1. The fraction of sp³-hybridized carbons (Fsp3) is 0.423. The fourth-order valence-corrected chi connectivity index (χ4v) is 4.81. The maximum absolute atomic E-state index is 12.5. The van der Waals surface area contributed by atoms with Gasteiger partial charge in [-0.15, -0.1) is 0 Å². The molecule has 0 radical (unpaired) electrons. The summed E-state index contributed by atoms with van der Waals surface area (Å²) in [7, 11) is -2.29. The first-order valence-electron chi connectivity index (χ1n) is 11.9. The number of amidine groups is 1. The third kappa shape index (κ3) is 7.46. The van der Waals surface area contributed by atoms with Crippen molar-refractivity contribution in [3.8, 4) is 0 Å². The van der Waals surface area contributed by atoms with E-state index in [1.165, 1.54) is 19.2 Å². The van der Waals surface area contributed by atoms with E-state index in [2.05, 4.69) is 10.3 Å². The molecule has 10 heteroatoms. The normalized spacial score (nSPS) is 14.1. The molecule has 9 nitrogen and oxygen atoms in total. The molecule has 2 aromatic carbocycles. The number of likely N-dealkylation sites (N-methyl/N-ethyl adjacent to an activating group) is 1. The molecule has 0 spiro atoms. The van der Waals surface area contributed by atoms with Gasteiger partial charge < -0.3 is 10.1 Å². The minimum absolute atomic E-state index is 0.0778. The molecular formula is C26H34N4O5S. The Kier molecular flexibility index (Phi) is 8.99. The highest BCUT2D eigenvalue weighted by molar-refractivity contribution is 7.89. The standard InChI is InChI=1S/C26H34N4O5S/c1-26(2,3)35-25(32)30-17-16-28-24(30)21-12-10-20(11-13-21)14-15-27-18-22(31)19-29(4)36(33,34)23-8-6-5-7-9-23/h5-13,27H,14-19H2,1-4H3. The lowest BCUT2D eigenvalue weighted by Gasteiger charge is -2.25. The van der Waals surface area contributed by atoms with Crippen LogP contribution in [0.1, 0.15) is 31.9 Å². The fourth-order valence-electron chi connectivity index (χ4n) is 3.63. The summed E-state index contributed by atoms with van der Waals surface area (Å²) in [6.07, 6.45) is 0.285. The van der Waals surface area contributed by atoms with Crippen LogP contribution in [0, 0.1) is 0 Å². The van der Waals surface area contributed by atoms with Gasteiger partial charge in [-0.1, -0.05) is 42.5 Å². The summed E-state index contributed by atoms with van der Waals surface area (Å²) in [6.45, 7) is 6.97. The van der Waals surface area contributed by atoms with Gasteiger partial charge >= 0.3 is 6.09 Å². The highest BCUT2D eigenvalue weighted by Gasteiger charge is 2.29. The number of benzene rings is 2. The van der Waals surface area contributed by atoms with Gasteiger partial charge in [-0.25, -0.2) is 13.2 Å². The van der Waals surface area contributed by atoms with Gasteiger partial charge in [0, 0.05) is 12.6 Å². The highest BCUT2D eigenvalue weighted by atomic mass is 32.2. The average molecular weight is 515 g/mol. The third-order valence-corrected chi connectivity index (χ3v) is 7.25. The van der Waals surface area contributed by atoms with Crippen LogP contribution < -0.4 is 5.32 Å². The summed E-state index contributed by atoms with van der Waals surface area (Å²) in [6, 6.07) is 15.8. The summed E-state index contributed by atoms with van der Waals surface area (Å²) in [5, 5.41) is 3.08. The van der Waals surface area contributed by atoms with Crippen LogP contribution in [0.25, 0.3) is 0 Å². The molecule has 1 N–H and O–H groups in total. The zero-order valence-corrected chi connectivity index (χ0v) is 22.0. The van der Waals surface area contributed by atoms with E-state index >= 15 is 0 Å². The molecule has 0 aromatic heterocycles. The molecule has 3 rings (SSSR count). The van der Waals surface area contributed by atoms with E-state index < -0.39 is 21.7 Å². The van der Waals surface area contributed by atoms with E-state index in [9.17, 15) is 18.0 Å². The van der Waals surface area contributed by atoms with Gasteiger partial charge in [0.2, 0.25) is 10.0 Å². The second-order valence-electron chi connectivity index (χ2n) is 9.57. The second-order valence-corrected chi connectivity index (χ2v) is 11.6. The largest absolute Gasteiger partial charge is 0.443 e. The lowest BCUT2D eigenvalue weighted by Crippen LogP contribution is -2.39. The number of hydrogen-bond acceptors (Lipinski definition) is 7. The Hall–Kier alpha value is -3.08. The van der Waals surface area contributed by atoms with Crippen LogP contribution in [-0.2, 0) is 26.0 Å². The van der Waals surface area contributed by atoms with Gasteiger partial charge in [-0.2, -0.15) is 4.31 Å². The third-order valence-electron chi connectivity index (χ3n) is 5.43. The molecule has 1 amide bonds. The van der Waals surface area contributed by atoms with Crippen LogP contribution in [0.15, 0.2) is 64.5 Å². The van der Waals surface area contributed by atoms with E-state index in [0.29, 0.717) is 31.9 Å². The van der Waals surface area contributed by atoms with Crippen LogP contribution in [0.3, 0.4) is 0 Å². The maximum Gasteiger partial charge on any atom is 0.416 e. The molecule has 0 unspecified atom stereocenters. The smallest absolute Gasteiger partial charge is 0.416 e. The first kappa shape index (κ1) is 27.5. The van der Waals surface area contributed by atoms with Crippen molar-refractivity contribution in [1.82, 2.24) is 14.5 Å². The molecule has 0 atom stereocenters. The number of carbonyl (C=O) groups excluding carboxylic acids is 2. The molecule has 0 fully saturated rings. The predicted octanol–water partition coefficient (Wildman–Crippen LogP) is 2.71. The number of aliphatic imine (C=N–C) groups is 1. The number of nitrogens with zero attached hydrogens (tertiary/aromatic N) is 3. The Morgan fingerprint density at radius 1 is 1.08 bits per heavy atom. The van der Waals surface area contributed by atoms with Gasteiger partial charge in [0.15, 0.2) is 5.78 Å². The van der Waals surface area contributed by atoms with Crippen LogP contribution in [0.2, 0.25) is 0 Å². The van der Waals surface area contributed by atoms with E-state index in [4.69, 9.17) is 4.74 Å². The number of rotatable bonds is 10. The van der Waals surface area contributed by atoms with Crippen molar-refractivity contribution in [3.63, 3.8) is 0 Å². The van der Waals surface area contributed by atoms with Crippen LogP contribution in [0.5, 0.6) is 0 Å². The van der Waals surface area contributed by atoms with Crippen LogP contribution in [0.4, 0.5) is 4.79 Å². The number of carbonyl (C=O) groups is 2. The van der Waals surface area contributed by atoms with Gasteiger partial charge in [0.25, 0.3) is 0 Å². The zero-order valence-electron chi connectivity index (χ0n) is 21.2. The van der Waals surface area contributed by atoms with Crippen molar-refractivity contribution in [3.05, 3.63) is 65.7 Å². The molecule has 0 saturated carbocycles. The number of amides is 1. The van der Waals surface area contributed by atoms with Crippen molar-refractivity contribution in [2.24, 2.45) is 4.99 Å². The van der Waals surface area contributed by atoms with E-state index in [-0.39, 0.29) is 23.8 Å². The van der Waals surface area contributed by atoms with Gasteiger partial charge in [-0.3, -0.25) is 14.7 Å². The van der Waals surface area contributed by atoms with E-state index in [1.807, 2.05) is 45.0 Å². The Morgan fingerprint density at radius 2 is 1.75 bits per heavy atom. The Morgan fingerprint density at radius 3 is 2.39 bits per heavy atom. The molecule has 1 aliphatic heterocycles. The SMILES string of the molecule is CN(CC(=O)CNCCc1ccc(C2=NCCN2C(=O)OC(C)(C)C)cc1)S(=O)(=O)c1ccccc1. The average Bonchev–Trinajstić information content (AvgIpc) is 3.32. The Labute approximate surface area is 213 Å². The van der Waals surface area contributed by atoms with Crippen molar-refractivity contribution in [1.29, 1.82) is 0 Å². The molecular weight excluding hydrogens is 480 g/mol. The summed E-state index contributed by atoms with van der Waals surface area (Å²) in [5.41, 5.74) is 1.33. The lowest BCUT2D eigenvalue weighted by atomic mass is 10.1. The molecule has 194 valence electrons.